The topological polar surface area (TPSA) is 3.24 Å². The maximum Gasteiger partial charge on any atom is 0.129 e. The number of hydrogen-bond acceptors (Lipinski definition) is 1. The van der Waals surface area contributed by atoms with Crippen LogP contribution in [0.4, 0.5) is 4.39 Å². The highest BCUT2D eigenvalue weighted by Gasteiger charge is 2.25. The van der Waals surface area contributed by atoms with Crippen LogP contribution in [0.1, 0.15) is 49.8 Å². The first-order valence-corrected chi connectivity index (χ1v) is 6.78. The number of nitrogens with zero attached hydrogens (tertiary/aromatic N) is 1. The summed E-state index contributed by atoms with van der Waals surface area (Å²) in [4.78, 5) is 2.35. The van der Waals surface area contributed by atoms with E-state index in [4.69, 9.17) is 0 Å². The Morgan fingerprint density at radius 3 is 2.44 bits per heavy atom. The van der Waals surface area contributed by atoms with Gasteiger partial charge in [0.25, 0.3) is 0 Å². The van der Waals surface area contributed by atoms with E-state index >= 15 is 0 Å². The highest BCUT2D eigenvalue weighted by molar-refractivity contribution is 5.37. The second-order valence-electron chi connectivity index (χ2n) is 6.70. The van der Waals surface area contributed by atoms with Crippen molar-refractivity contribution in [1.29, 1.82) is 0 Å². The molecule has 1 saturated heterocycles. The first-order chi connectivity index (χ1) is 8.29. The lowest BCUT2D eigenvalue weighted by molar-refractivity contribution is 0.411. The van der Waals surface area contributed by atoms with Crippen molar-refractivity contribution >= 4 is 0 Å². The van der Waals surface area contributed by atoms with E-state index in [-0.39, 0.29) is 11.2 Å². The molecule has 2 rings (SSSR count). The summed E-state index contributed by atoms with van der Waals surface area (Å²) in [6.45, 7) is 10.4. The molecule has 0 amide bonds. The first-order valence-electron chi connectivity index (χ1n) is 6.78. The average molecular weight is 249 g/mol. The molecule has 100 valence electrons. The Morgan fingerprint density at radius 1 is 1.28 bits per heavy atom. The highest BCUT2D eigenvalue weighted by atomic mass is 19.1. The van der Waals surface area contributed by atoms with Gasteiger partial charge in [-0.2, -0.15) is 0 Å². The molecule has 0 radical (unpaired) electrons. The van der Waals surface area contributed by atoms with Crippen LogP contribution in [-0.4, -0.2) is 25.0 Å². The molecule has 1 aliphatic heterocycles. The van der Waals surface area contributed by atoms with Gasteiger partial charge in [-0.1, -0.05) is 32.9 Å². The fraction of sp³-hybridized carbons (Fsp3) is 0.625. The van der Waals surface area contributed by atoms with Crippen molar-refractivity contribution in [2.45, 2.75) is 45.4 Å². The summed E-state index contributed by atoms with van der Waals surface area (Å²) < 4.78 is 14.2. The van der Waals surface area contributed by atoms with Crippen molar-refractivity contribution in [2.24, 2.45) is 0 Å². The zero-order chi connectivity index (χ0) is 13.5. The largest absolute Gasteiger partial charge is 0.306 e. The van der Waals surface area contributed by atoms with Crippen molar-refractivity contribution in [1.82, 2.24) is 4.90 Å². The Labute approximate surface area is 110 Å². The minimum atomic E-state index is -0.130. The molecule has 1 aromatic rings. The van der Waals surface area contributed by atoms with Gasteiger partial charge in [-0.3, -0.25) is 0 Å². The van der Waals surface area contributed by atoms with Crippen molar-refractivity contribution in [3.8, 4) is 0 Å². The number of halogens is 1. The summed E-state index contributed by atoms with van der Waals surface area (Å²) in [6.07, 6.45) is 1.19. The number of likely N-dealkylation sites (tertiary alicyclic amines) is 1. The standard InChI is InChI=1S/C16H24FN/c1-11-8-13(12-6-7-18(5)10-12)9-14(15(11)17)16(2,3)4/h8-9,12H,6-7,10H2,1-5H3. The van der Waals surface area contributed by atoms with Crippen LogP contribution in [0.2, 0.25) is 0 Å². The van der Waals surface area contributed by atoms with E-state index in [0.717, 1.165) is 24.2 Å². The van der Waals surface area contributed by atoms with Crippen LogP contribution in [0.25, 0.3) is 0 Å². The van der Waals surface area contributed by atoms with Gasteiger partial charge in [0.15, 0.2) is 0 Å². The van der Waals surface area contributed by atoms with Crippen LogP contribution in [0.5, 0.6) is 0 Å². The molecule has 0 saturated carbocycles. The molecule has 1 fully saturated rings. The molecule has 1 heterocycles. The van der Waals surface area contributed by atoms with Crippen molar-refractivity contribution in [3.05, 3.63) is 34.6 Å². The molecule has 0 N–H and O–H groups in total. The summed E-state index contributed by atoms with van der Waals surface area (Å²) in [6, 6.07) is 4.13. The zero-order valence-electron chi connectivity index (χ0n) is 12.2. The van der Waals surface area contributed by atoms with Crippen LogP contribution in [-0.2, 0) is 5.41 Å². The smallest absolute Gasteiger partial charge is 0.129 e. The van der Waals surface area contributed by atoms with Gasteiger partial charge in [0, 0.05) is 6.54 Å². The number of hydrogen-bond donors (Lipinski definition) is 0. The van der Waals surface area contributed by atoms with Gasteiger partial charge in [0.05, 0.1) is 0 Å². The molecule has 1 unspecified atom stereocenters. The minimum absolute atomic E-state index is 0.0300. The molecule has 1 aliphatic rings. The Hall–Kier alpha value is -0.890. The lowest BCUT2D eigenvalue weighted by atomic mass is 9.82. The van der Waals surface area contributed by atoms with Gasteiger partial charge in [0.2, 0.25) is 0 Å². The number of rotatable bonds is 1. The van der Waals surface area contributed by atoms with E-state index in [1.165, 1.54) is 12.0 Å². The second kappa shape index (κ2) is 4.65. The third kappa shape index (κ3) is 2.59. The first kappa shape index (κ1) is 13.5. The Bertz CT molecular complexity index is 445. The molecule has 2 heteroatoms. The monoisotopic (exact) mass is 249 g/mol. The summed E-state index contributed by atoms with van der Waals surface area (Å²) >= 11 is 0. The SMILES string of the molecule is Cc1cc(C2CCN(C)C2)cc(C(C)(C)C)c1F. The molecular weight excluding hydrogens is 225 g/mol. The molecule has 1 aromatic carbocycles. The lowest BCUT2D eigenvalue weighted by Crippen LogP contribution is -2.17. The number of aryl methyl sites for hydroxylation is 1. The molecule has 0 spiro atoms. The van der Waals surface area contributed by atoms with E-state index in [9.17, 15) is 4.39 Å². The predicted octanol–water partition coefficient (Wildman–Crippen LogP) is 3.85. The Kier molecular flexibility index (Phi) is 3.50. The van der Waals surface area contributed by atoms with E-state index in [2.05, 4.69) is 38.8 Å². The third-order valence-electron chi connectivity index (χ3n) is 3.95. The number of likely N-dealkylation sites (N-methyl/N-ethyl adjacent to an activating group) is 1. The lowest BCUT2D eigenvalue weighted by Gasteiger charge is -2.23. The Balaban J connectivity index is 2.41. The molecule has 0 aromatic heterocycles. The van der Waals surface area contributed by atoms with E-state index in [0.29, 0.717) is 5.92 Å². The van der Waals surface area contributed by atoms with Crippen LogP contribution >= 0.6 is 0 Å². The normalized spacial score (nSPS) is 21.6. The Morgan fingerprint density at radius 2 is 1.94 bits per heavy atom. The molecule has 1 atom stereocenters. The van der Waals surface area contributed by atoms with Gasteiger partial charge in [0.1, 0.15) is 5.82 Å². The van der Waals surface area contributed by atoms with Crippen LogP contribution < -0.4 is 0 Å². The fourth-order valence-electron chi connectivity index (χ4n) is 2.79. The molecule has 0 bridgehead atoms. The van der Waals surface area contributed by atoms with Crippen molar-refractivity contribution in [2.75, 3.05) is 20.1 Å². The van der Waals surface area contributed by atoms with Crippen LogP contribution in [0, 0.1) is 12.7 Å². The quantitative estimate of drug-likeness (QED) is 0.730. The van der Waals surface area contributed by atoms with Gasteiger partial charge >= 0.3 is 0 Å². The van der Waals surface area contributed by atoms with E-state index < -0.39 is 0 Å². The fourth-order valence-corrected chi connectivity index (χ4v) is 2.79. The molecule has 18 heavy (non-hydrogen) atoms. The second-order valence-corrected chi connectivity index (χ2v) is 6.70. The zero-order valence-corrected chi connectivity index (χ0v) is 12.2. The molecule has 0 aliphatic carbocycles. The van der Waals surface area contributed by atoms with Gasteiger partial charge < -0.3 is 4.90 Å². The highest BCUT2D eigenvalue weighted by Crippen LogP contribution is 2.33. The van der Waals surface area contributed by atoms with Gasteiger partial charge in [-0.15, -0.1) is 0 Å². The van der Waals surface area contributed by atoms with Crippen LogP contribution in [0.3, 0.4) is 0 Å². The molecular formula is C16H24FN. The molecule has 1 nitrogen and oxygen atoms in total. The summed E-state index contributed by atoms with van der Waals surface area (Å²) in [5.74, 6) is 0.535. The average Bonchev–Trinajstić information content (AvgIpc) is 2.67. The van der Waals surface area contributed by atoms with Gasteiger partial charge in [-0.05, 0) is 55.0 Å². The summed E-state index contributed by atoms with van der Waals surface area (Å²) in [5.41, 5.74) is 2.82. The van der Waals surface area contributed by atoms with Crippen molar-refractivity contribution in [3.63, 3.8) is 0 Å². The summed E-state index contributed by atoms with van der Waals surface area (Å²) in [7, 11) is 2.15. The van der Waals surface area contributed by atoms with E-state index in [1.54, 1.807) is 0 Å². The van der Waals surface area contributed by atoms with Gasteiger partial charge in [-0.25, -0.2) is 4.39 Å². The maximum absolute atomic E-state index is 14.2. The maximum atomic E-state index is 14.2. The number of benzene rings is 1. The van der Waals surface area contributed by atoms with Crippen molar-refractivity contribution < 1.29 is 4.39 Å². The van der Waals surface area contributed by atoms with Crippen LogP contribution in [0.15, 0.2) is 12.1 Å². The minimum Gasteiger partial charge on any atom is -0.306 e. The predicted molar refractivity (Wildman–Crippen MR) is 74.7 cm³/mol. The summed E-state index contributed by atoms with van der Waals surface area (Å²) in [5, 5.41) is 0. The third-order valence-corrected chi connectivity index (χ3v) is 3.95. The van der Waals surface area contributed by atoms with E-state index in [1.807, 2.05) is 13.0 Å².